The number of aliphatic carboxylic acids is 1. The molecule has 1 atom stereocenters. The Labute approximate surface area is 230 Å². The first-order valence-corrected chi connectivity index (χ1v) is 11.2. The van der Waals surface area contributed by atoms with E-state index in [4.69, 9.17) is 30.5 Å². The van der Waals surface area contributed by atoms with Crippen molar-refractivity contribution in [2.45, 2.75) is 12.2 Å². The molecule has 3 aromatic rings. The van der Waals surface area contributed by atoms with E-state index in [0.717, 1.165) is 0 Å². The molecule has 0 radical (unpaired) electrons. The van der Waals surface area contributed by atoms with Crippen LogP contribution in [0.4, 0.5) is 18.9 Å². The van der Waals surface area contributed by atoms with Gasteiger partial charge in [-0.1, -0.05) is 0 Å². The Morgan fingerprint density at radius 2 is 1.56 bits per heavy atom. The summed E-state index contributed by atoms with van der Waals surface area (Å²) in [7, 11) is 2.74. The van der Waals surface area contributed by atoms with Crippen LogP contribution in [-0.2, 0) is 9.59 Å². The van der Waals surface area contributed by atoms with Crippen LogP contribution in [0.1, 0.15) is 27.5 Å². The second-order valence-corrected chi connectivity index (χ2v) is 7.83. The number of nitrogens with two attached hydrogens (primary N) is 1. The molecule has 0 bridgehead atoms. The topological polar surface area (TPSA) is 209 Å². The van der Waals surface area contributed by atoms with Gasteiger partial charge in [0, 0.05) is 23.6 Å². The highest BCUT2D eigenvalue weighted by molar-refractivity contribution is 5.96. The maximum absolute atomic E-state index is 13.1. The number of alkyl halides is 3. The standard InChI is InChI=1S/C23H24N6O5.C2HF3O2/c1-33-17-10-15(11-18(34-2)20(17)30)19(27-16-7-5-13(6-8-16)21(24)25)23(32)29-28-22(31)14-4-3-9-26-12-14;3-2(4,5)1(6)7/h3-12,19,27,30H,1-2H3,(H3,24,25)(H,28,31)(H,29,32);(H,6,7). The highest BCUT2D eigenvalue weighted by Gasteiger charge is 2.38. The molecule has 0 spiro atoms. The van der Waals surface area contributed by atoms with Gasteiger partial charge in [-0.05, 0) is 54.1 Å². The van der Waals surface area contributed by atoms with Crippen LogP contribution in [0.25, 0.3) is 0 Å². The van der Waals surface area contributed by atoms with Gasteiger partial charge in [0.25, 0.3) is 11.8 Å². The van der Waals surface area contributed by atoms with Gasteiger partial charge in [-0.25, -0.2) is 4.79 Å². The first-order chi connectivity index (χ1) is 19.3. The third-order valence-corrected chi connectivity index (χ3v) is 5.07. The lowest BCUT2D eigenvalue weighted by Gasteiger charge is -2.22. The molecule has 13 nitrogen and oxygen atoms in total. The third-order valence-electron chi connectivity index (χ3n) is 5.07. The summed E-state index contributed by atoms with van der Waals surface area (Å²) in [4.78, 5) is 38.2. The fourth-order valence-electron chi connectivity index (χ4n) is 3.05. The summed E-state index contributed by atoms with van der Waals surface area (Å²) in [5.41, 5.74) is 11.9. The Morgan fingerprint density at radius 1 is 1.00 bits per heavy atom. The molecule has 0 aliphatic carbocycles. The molecule has 41 heavy (non-hydrogen) atoms. The van der Waals surface area contributed by atoms with Gasteiger partial charge in [0.05, 0.1) is 19.8 Å². The molecule has 2 amide bonds. The number of methoxy groups -OCH3 is 2. The van der Waals surface area contributed by atoms with Gasteiger partial charge in [0.1, 0.15) is 11.9 Å². The Hall–Kier alpha value is -5.54. The zero-order chi connectivity index (χ0) is 30.7. The minimum Gasteiger partial charge on any atom is -0.502 e. The molecule has 3 rings (SSSR count). The number of aromatic hydroxyl groups is 1. The number of hydrogen-bond donors (Lipinski definition) is 7. The Bertz CT molecular complexity index is 1360. The monoisotopic (exact) mass is 578 g/mol. The number of carbonyl (C=O) groups excluding carboxylic acids is 2. The summed E-state index contributed by atoms with van der Waals surface area (Å²) in [6.07, 6.45) is -2.19. The molecule has 0 saturated heterocycles. The highest BCUT2D eigenvalue weighted by atomic mass is 19.4. The molecular weight excluding hydrogens is 553 g/mol. The van der Waals surface area contributed by atoms with Crippen molar-refractivity contribution in [3.8, 4) is 17.2 Å². The van der Waals surface area contributed by atoms with Gasteiger partial charge in [0.15, 0.2) is 11.5 Å². The molecule has 1 heterocycles. The average molecular weight is 579 g/mol. The van der Waals surface area contributed by atoms with Crippen molar-refractivity contribution in [3.05, 3.63) is 77.6 Å². The summed E-state index contributed by atoms with van der Waals surface area (Å²) in [6.45, 7) is 0. The lowest BCUT2D eigenvalue weighted by atomic mass is 10.0. The van der Waals surface area contributed by atoms with Crippen LogP contribution in [0.2, 0.25) is 0 Å². The van der Waals surface area contributed by atoms with Crippen LogP contribution in [-0.4, -0.2) is 59.2 Å². The van der Waals surface area contributed by atoms with E-state index >= 15 is 0 Å². The number of carboxylic acid groups (broad SMARTS) is 1. The number of carboxylic acids is 1. The van der Waals surface area contributed by atoms with E-state index in [1.807, 2.05) is 0 Å². The number of rotatable bonds is 8. The molecule has 16 heteroatoms. The molecule has 218 valence electrons. The number of amides is 2. The molecule has 0 aliphatic heterocycles. The Morgan fingerprint density at radius 3 is 2.00 bits per heavy atom. The quantitative estimate of drug-likeness (QED) is 0.118. The maximum atomic E-state index is 13.1. The van der Waals surface area contributed by atoms with E-state index in [0.29, 0.717) is 16.8 Å². The summed E-state index contributed by atoms with van der Waals surface area (Å²) in [5.74, 6) is -4.03. The van der Waals surface area contributed by atoms with Crippen LogP contribution in [0, 0.1) is 5.41 Å². The fourth-order valence-corrected chi connectivity index (χ4v) is 3.05. The summed E-state index contributed by atoms with van der Waals surface area (Å²) in [6, 6.07) is 11.6. The molecule has 2 aromatic carbocycles. The van der Waals surface area contributed by atoms with Crippen molar-refractivity contribution in [1.82, 2.24) is 15.8 Å². The smallest absolute Gasteiger partial charge is 0.490 e. The normalized spacial score (nSPS) is 11.1. The molecule has 1 aromatic heterocycles. The van der Waals surface area contributed by atoms with E-state index < -0.39 is 30.0 Å². The van der Waals surface area contributed by atoms with Gasteiger partial charge < -0.3 is 30.7 Å². The molecule has 0 aliphatic rings. The largest absolute Gasteiger partial charge is 0.502 e. The van der Waals surface area contributed by atoms with Gasteiger partial charge in [0.2, 0.25) is 5.75 Å². The second kappa shape index (κ2) is 14.0. The SMILES string of the molecule is COc1cc(C(Nc2ccc(C(=N)N)cc2)C(=O)NNC(=O)c2cccnc2)cc(OC)c1O.O=C(O)C(F)(F)F. The summed E-state index contributed by atoms with van der Waals surface area (Å²) in [5, 5.41) is 28.0. The number of nitrogens with one attached hydrogen (secondary N) is 4. The van der Waals surface area contributed by atoms with Crippen molar-refractivity contribution >= 4 is 29.3 Å². The zero-order valence-electron chi connectivity index (χ0n) is 21.4. The van der Waals surface area contributed by atoms with E-state index in [-0.39, 0.29) is 28.6 Å². The fraction of sp³-hybridized carbons (Fsp3) is 0.160. The van der Waals surface area contributed by atoms with Crippen LogP contribution < -0.4 is 31.4 Å². The molecular formula is C25H25F3N6O7. The van der Waals surface area contributed by atoms with Crippen molar-refractivity contribution in [2.75, 3.05) is 19.5 Å². The number of hydrazine groups is 1. The maximum Gasteiger partial charge on any atom is 0.490 e. The second-order valence-electron chi connectivity index (χ2n) is 7.83. The van der Waals surface area contributed by atoms with Crippen LogP contribution >= 0.6 is 0 Å². The molecule has 1 unspecified atom stereocenters. The lowest BCUT2D eigenvalue weighted by molar-refractivity contribution is -0.192. The number of phenols is 1. The highest BCUT2D eigenvalue weighted by Crippen LogP contribution is 2.39. The first-order valence-electron chi connectivity index (χ1n) is 11.2. The molecule has 0 saturated carbocycles. The number of nitrogen functional groups attached to an aromatic ring is 1. The number of hydrogen-bond acceptors (Lipinski definition) is 9. The average Bonchev–Trinajstić information content (AvgIpc) is 2.95. The number of benzene rings is 2. The molecule has 8 N–H and O–H groups in total. The van der Waals surface area contributed by atoms with E-state index in [1.54, 1.807) is 36.4 Å². The zero-order valence-corrected chi connectivity index (χ0v) is 21.4. The number of aromatic nitrogens is 1. The minimum absolute atomic E-state index is 0.0908. The van der Waals surface area contributed by atoms with Gasteiger partial charge >= 0.3 is 12.1 Å². The summed E-state index contributed by atoms with van der Waals surface area (Å²) < 4.78 is 42.1. The number of carbonyl (C=O) groups is 3. The van der Waals surface area contributed by atoms with Crippen molar-refractivity contribution < 1.29 is 47.2 Å². The van der Waals surface area contributed by atoms with Crippen LogP contribution in [0.3, 0.4) is 0 Å². The Kier molecular flexibility index (Phi) is 10.8. The number of pyridine rings is 1. The lowest BCUT2D eigenvalue weighted by Crippen LogP contribution is -2.45. The van der Waals surface area contributed by atoms with Gasteiger partial charge in [-0.2, -0.15) is 13.2 Å². The number of anilines is 1. The number of nitrogens with zero attached hydrogens (tertiary/aromatic N) is 1. The van der Waals surface area contributed by atoms with E-state index in [9.17, 15) is 27.9 Å². The molecule has 0 fully saturated rings. The van der Waals surface area contributed by atoms with Crippen molar-refractivity contribution in [1.29, 1.82) is 5.41 Å². The van der Waals surface area contributed by atoms with Gasteiger partial charge in [-0.15, -0.1) is 0 Å². The van der Waals surface area contributed by atoms with Crippen molar-refractivity contribution in [3.63, 3.8) is 0 Å². The van der Waals surface area contributed by atoms with Crippen molar-refractivity contribution in [2.24, 2.45) is 5.73 Å². The van der Waals surface area contributed by atoms with Crippen LogP contribution in [0.15, 0.2) is 60.9 Å². The van der Waals surface area contributed by atoms with Gasteiger partial charge in [-0.3, -0.25) is 30.8 Å². The third kappa shape index (κ3) is 9.02. The number of phenolic OH excluding ortho intramolecular Hbond substituents is 1. The van der Waals surface area contributed by atoms with E-state index in [2.05, 4.69) is 21.2 Å². The first kappa shape index (κ1) is 31.7. The minimum atomic E-state index is -5.08. The number of amidine groups is 1. The number of halogens is 3. The van der Waals surface area contributed by atoms with Crippen LogP contribution in [0.5, 0.6) is 17.2 Å². The Balaban J connectivity index is 0.000000745. The number of ether oxygens (including phenoxy) is 2. The predicted molar refractivity (Wildman–Crippen MR) is 139 cm³/mol. The predicted octanol–water partition coefficient (Wildman–Crippen LogP) is 2.34. The summed E-state index contributed by atoms with van der Waals surface area (Å²) >= 11 is 0. The van der Waals surface area contributed by atoms with E-state index in [1.165, 1.54) is 38.7 Å².